The number of amides is 1. The van der Waals surface area contributed by atoms with Crippen LogP contribution in [0.3, 0.4) is 0 Å². The molecule has 0 unspecified atom stereocenters. The summed E-state index contributed by atoms with van der Waals surface area (Å²) in [6, 6.07) is 18.1. The van der Waals surface area contributed by atoms with E-state index in [0.717, 1.165) is 6.26 Å². The van der Waals surface area contributed by atoms with Gasteiger partial charge in [0.05, 0.1) is 22.7 Å². The summed E-state index contributed by atoms with van der Waals surface area (Å²) < 4.78 is 68.9. The van der Waals surface area contributed by atoms with Gasteiger partial charge in [0.25, 0.3) is 0 Å². The summed E-state index contributed by atoms with van der Waals surface area (Å²) in [7, 11) is -1.75. The van der Waals surface area contributed by atoms with Gasteiger partial charge in [0.2, 0.25) is 5.91 Å². The first-order chi connectivity index (χ1) is 20.3. The molecule has 1 aliphatic rings. The Morgan fingerprint density at radius 2 is 1.67 bits per heavy atom. The summed E-state index contributed by atoms with van der Waals surface area (Å²) in [5, 5.41) is 4.42. The summed E-state index contributed by atoms with van der Waals surface area (Å²) >= 11 is 0. The molecule has 1 aliphatic heterocycles. The van der Waals surface area contributed by atoms with Crippen molar-refractivity contribution in [3.63, 3.8) is 0 Å². The van der Waals surface area contributed by atoms with E-state index in [1.165, 1.54) is 18.2 Å². The fourth-order valence-electron chi connectivity index (χ4n) is 4.99. The van der Waals surface area contributed by atoms with Crippen molar-refractivity contribution in [1.29, 1.82) is 0 Å². The molecule has 0 bridgehead atoms. The van der Waals surface area contributed by atoms with Crippen molar-refractivity contribution in [3.05, 3.63) is 78.3 Å². The van der Waals surface area contributed by atoms with Crippen LogP contribution in [0.15, 0.2) is 76.0 Å². The van der Waals surface area contributed by atoms with Gasteiger partial charge in [0.15, 0.2) is 33.0 Å². The number of hydrogen-bond acceptors (Lipinski definition) is 8. The van der Waals surface area contributed by atoms with Crippen LogP contribution in [0.2, 0.25) is 0 Å². The third-order valence-corrected chi connectivity index (χ3v) is 7.94. The molecule has 43 heavy (non-hydrogen) atoms. The van der Waals surface area contributed by atoms with Crippen molar-refractivity contribution in [1.82, 2.24) is 14.8 Å². The molecule has 2 N–H and O–H groups in total. The van der Waals surface area contributed by atoms with E-state index >= 15 is 0 Å². The SMILES string of the molecule is Cc1nc(-c2ccc3c(c2)OC(F)(F)O3)c(-c2cc(-c3cccc(S(C)(=O)=O)c3)ccc2-c2cc(CC(N)=O)nn2C)o1. The number of rotatable bonds is 7. The lowest BCUT2D eigenvalue weighted by Crippen LogP contribution is -2.25. The summed E-state index contributed by atoms with van der Waals surface area (Å²) in [6.07, 6.45) is -2.71. The lowest BCUT2D eigenvalue weighted by atomic mass is 9.94. The predicted molar refractivity (Wildman–Crippen MR) is 152 cm³/mol. The van der Waals surface area contributed by atoms with Crippen LogP contribution in [0.4, 0.5) is 8.78 Å². The van der Waals surface area contributed by atoms with Crippen molar-refractivity contribution in [2.75, 3.05) is 6.26 Å². The maximum Gasteiger partial charge on any atom is 0.586 e. The van der Waals surface area contributed by atoms with E-state index in [1.807, 2.05) is 18.2 Å². The predicted octanol–water partition coefficient (Wildman–Crippen LogP) is 5.14. The number of sulfone groups is 1. The van der Waals surface area contributed by atoms with Gasteiger partial charge < -0.3 is 19.6 Å². The van der Waals surface area contributed by atoms with Gasteiger partial charge in [0, 0.05) is 36.9 Å². The molecule has 5 aromatic rings. The lowest BCUT2D eigenvalue weighted by Gasteiger charge is -2.13. The molecule has 1 amide bonds. The standard InChI is InChI=1S/C30H24F2N4O6S/c1-16-34-28(19-8-10-25-26(13-19)42-30(31,32)41-25)29(40-16)23-12-18(17-5-4-6-21(11-17)43(3,38)39)7-9-22(23)24-14-20(15-27(33)37)35-36(24)2/h4-14H,15H2,1-3H3,(H2,33,37). The molecule has 0 saturated heterocycles. The van der Waals surface area contributed by atoms with Crippen LogP contribution in [0.5, 0.6) is 11.5 Å². The third-order valence-electron chi connectivity index (χ3n) is 6.83. The second kappa shape index (κ2) is 10.1. The summed E-state index contributed by atoms with van der Waals surface area (Å²) in [6.45, 7) is 1.66. The Balaban J connectivity index is 1.56. The highest BCUT2D eigenvalue weighted by molar-refractivity contribution is 7.90. The first kappa shape index (κ1) is 28.1. The minimum atomic E-state index is -3.78. The van der Waals surface area contributed by atoms with Gasteiger partial charge in [-0.2, -0.15) is 5.10 Å². The van der Waals surface area contributed by atoms with Crippen LogP contribution in [0.25, 0.3) is 45.0 Å². The van der Waals surface area contributed by atoms with Crippen LogP contribution >= 0.6 is 0 Å². The Hall–Kier alpha value is -5.04. The smallest absolute Gasteiger partial charge is 0.440 e. The van der Waals surface area contributed by atoms with Crippen molar-refractivity contribution < 1.29 is 35.9 Å². The van der Waals surface area contributed by atoms with E-state index < -0.39 is 22.0 Å². The molecule has 6 rings (SSSR count). The Bertz CT molecular complexity index is 2030. The maximum atomic E-state index is 13.7. The number of nitrogens with two attached hydrogens (primary N) is 1. The highest BCUT2D eigenvalue weighted by Gasteiger charge is 2.43. The van der Waals surface area contributed by atoms with Crippen molar-refractivity contribution in [2.45, 2.75) is 24.5 Å². The second-order valence-electron chi connectivity index (χ2n) is 10.1. The summed E-state index contributed by atoms with van der Waals surface area (Å²) in [4.78, 5) is 16.3. The first-order valence-electron chi connectivity index (χ1n) is 12.9. The van der Waals surface area contributed by atoms with Crippen molar-refractivity contribution >= 4 is 15.7 Å². The normalized spacial score (nSPS) is 13.8. The topological polar surface area (TPSA) is 140 Å². The van der Waals surface area contributed by atoms with Crippen molar-refractivity contribution in [2.24, 2.45) is 12.8 Å². The number of aryl methyl sites for hydroxylation is 2. The minimum Gasteiger partial charge on any atom is -0.440 e. The molecule has 0 atom stereocenters. The monoisotopic (exact) mass is 606 g/mol. The summed E-state index contributed by atoms with van der Waals surface area (Å²) in [5.41, 5.74) is 9.78. The van der Waals surface area contributed by atoms with Crippen molar-refractivity contribution in [3.8, 4) is 56.5 Å². The van der Waals surface area contributed by atoms with Gasteiger partial charge in [-0.05, 0) is 53.6 Å². The maximum absolute atomic E-state index is 13.7. The van der Waals surface area contributed by atoms with Crippen LogP contribution in [0, 0.1) is 6.92 Å². The highest BCUT2D eigenvalue weighted by Crippen LogP contribution is 2.46. The van der Waals surface area contributed by atoms with Crippen LogP contribution < -0.4 is 15.2 Å². The van der Waals surface area contributed by atoms with Crippen LogP contribution in [-0.4, -0.2) is 41.6 Å². The number of ether oxygens (including phenoxy) is 2. The number of halogens is 2. The van der Waals surface area contributed by atoms with E-state index in [4.69, 9.17) is 10.2 Å². The van der Waals surface area contributed by atoms with Gasteiger partial charge in [0.1, 0.15) is 5.69 Å². The largest absolute Gasteiger partial charge is 0.586 e. The lowest BCUT2D eigenvalue weighted by molar-refractivity contribution is -0.286. The number of oxazole rings is 1. The van der Waals surface area contributed by atoms with Crippen LogP contribution in [0.1, 0.15) is 11.6 Å². The molecule has 13 heteroatoms. The fourth-order valence-corrected chi connectivity index (χ4v) is 5.65. The molecule has 220 valence electrons. The van der Waals surface area contributed by atoms with E-state index in [0.29, 0.717) is 56.6 Å². The van der Waals surface area contributed by atoms with Gasteiger partial charge >= 0.3 is 6.29 Å². The molecular formula is C30H24F2N4O6S. The molecular weight excluding hydrogens is 582 g/mol. The average Bonchev–Trinajstić information content (AvgIpc) is 3.59. The number of carbonyl (C=O) groups excluding carboxylic acids is 1. The fraction of sp³-hybridized carbons (Fsp3) is 0.167. The Kier molecular flexibility index (Phi) is 6.57. The number of nitrogens with zero attached hydrogens (tertiary/aromatic N) is 3. The second-order valence-corrected chi connectivity index (χ2v) is 12.1. The van der Waals surface area contributed by atoms with Crippen LogP contribution in [-0.2, 0) is 28.1 Å². The molecule has 3 heterocycles. The van der Waals surface area contributed by atoms with E-state index in [1.54, 1.807) is 49.0 Å². The minimum absolute atomic E-state index is 0.0615. The van der Waals surface area contributed by atoms with Gasteiger partial charge in [-0.3, -0.25) is 9.48 Å². The third kappa shape index (κ3) is 5.46. The quantitative estimate of drug-likeness (QED) is 0.269. The average molecular weight is 607 g/mol. The van der Waals surface area contributed by atoms with E-state index in [9.17, 15) is 22.0 Å². The van der Waals surface area contributed by atoms with Gasteiger partial charge in [-0.1, -0.05) is 24.3 Å². The zero-order valence-electron chi connectivity index (χ0n) is 23.1. The zero-order valence-corrected chi connectivity index (χ0v) is 23.9. The number of benzene rings is 3. The van der Waals surface area contributed by atoms with Gasteiger partial charge in [-0.15, -0.1) is 8.78 Å². The highest BCUT2D eigenvalue weighted by atomic mass is 32.2. The Labute approximate surface area is 244 Å². The number of aromatic nitrogens is 3. The number of hydrogen-bond donors (Lipinski definition) is 1. The molecule has 10 nitrogen and oxygen atoms in total. The molecule has 3 aromatic carbocycles. The zero-order chi connectivity index (χ0) is 30.7. The van der Waals surface area contributed by atoms with Gasteiger partial charge in [-0.25, -0.2) is 13.4 Å². The van der Waals surface area contributed by atoms with E-state index in [-0.39, 0.29) is 22.8 Å². The molecule has 0 radical (unpaired) electrons. The number of primary amides is 1. The molecule has 0 aliphatic carbocycles. The molecule has 0 saturated carbocycles. The number of alkyl halides is 2. The first-order valence-corrected chi connectivity index (χ1v) is 14.8. The van der Waals surface area contributed by atoms with E-state index in [2.05, 4.69) is 19.6 Å². The molecule has 0 fully saturated rings. The Morgan fingerprint density at radius 3 is 2.42 bits per heavy atom. The molecule has 0 spiro atoms. The molecule has 2 aromatic heterocycles. The summed E-state index contributed by atoms with van der Waals surface area (Å²) in [5.74, 6) is -0.170. The number of carbonyl (C=O) groups is 1. The number of fused-ring (bicyclic) bond motifs is 1. The Morgan fingerprint density at radius 1 is 0.953 bits per heavy atom.